The van der Waals surface area contributed by atoms with Crippen molar-refractivity contribution >= 4 is 24.7 Å². The van der Waals surface area contributed by atoms with Gasteiger partial charge in [0.25, 0.3) is 0 Å². The van der Waals surface area contributed by atoms with E-state index in [1.165, 1.54) is 0 Å². The normalized spacial score (nSPS) is 16.6. The topological polar surface area (TPSA) is 80.3 Å². The molecule has 2 aromatic rings. The number of ether oxygens (including phenoxy) is 3. The van der Waals surface area contributed by atoms with Crippen LogP contribution in [0.3, 0.4) is 0 Å². The van der Waals surface area contributed by atoms with Crippen molar-refractivity contribution in [1.82, 2.24) is 0 Å². The number of carbonyl (C=O) groups is 2. The number of hydrogen-bond acceptors (Lipinski definition) is 7. The minimum absolute atomic E-state index is 0.0825. The SMILES string of the molecule is Cc1ccc(OC(=O)OCCOC(=O)c2ccc(B3OC(C)(C)C(C)(C)O3)cc2)cc1. The molecule has 164 valence electrons. The van der Waals surface area contributed by atoms with Gasteiger partial charge in [0.05, 0.1) is 16.8 Å². The van der Waals surface area contributed by atoms with Gasteiger partial charge >= 0.3 is 19.2 Å². The molecule has 1 aliphatic heterocycles. The monoisotopic (exact) mass is 426 g/mol. The highest BCUT2D eigenvalue weighted by atomic mass is 16.7. The molecule has 7 nitrogen and oxygen atoms in total. The lowest BCUT2D eigenvalue weighted by Gasteiger charge is -2.32. The van der Waals surface area contributed by atoms with Crippen molar-refractivity contribution in [3.05, 3.63) is 59.7 Å². The summed E-state index contributed by atoms with van der Waals surface area (Å²) in [4.78, 5) is 23.9. The minimum Gasteiger partial charge on any atom is -0.458 e. The van der Waals surface area contributed by atoms with E-state index in [0.717, 1.165) is 11.0 Å². The van der Waals surface area contributed by atoms with E-state index in [9.17, 15) is 9.59 Å². The minimum atomic E-state index is -0.855. The van der Waals surface area contributed by atoms with Crippen LogP contribution in [-0.4, -0.2) is 43.7 Å². The van der Waals surface area contributed by atoms with Gasteiger partial charge in [-0.2, -0.15) is 0 Å². The molecule has 0 N–H and O–H groups in total. The molecule has 3 rings (SSSR count). The fourth-order valence-electron chi connectivity index (χ4n) is 2.83. The first-order valence-corrected chi connectivity index (χ1v) is 10.1. The summed E-state index contributed by atoms with van der Waals surface area (Å²) in [6.07, 6.45) is -0.855. The van der Waals surface area contributed by atoms with Crippen LogP contribution in [0.5, 0.6) is 5.75 Å². The molecule has 1 heterocycles. The van der Waals surface area contributed by atoms with Gasteiger partial charge in [-0.15, -0.1) is 0 Å². The van der Waals surface area contributed by atoms with E-state index in [2.05, 4.69) is 0 Å². The summed E-state index contributed by atoms with van der Waals surface area (Å²) in [5, 5.41) is 0. The van der Waals surface area contributed by atoms with Crippen LogP contribution in [0.15, 0.2) is 48.5 Å². The van der Waals surface area contributed by atoms with Gasteiger partial charge in [0.2, 0.25) is 0 Å². The summed E-state index contributed by atoms with van der Waals surface area (Å²) < 4.78 is 27.1. The number of esters is 1. The predicted molar refractivity (Wildman–Crippen MR) is 116 cm³/mol. The Morgan fingerprint density at radius 1 is 0.839 bits per heavy atom. The molecule has 0 radical (unpaired) electrons. The Kier molecular flexibility index (Phi) is 6.72. The van der Waals surface area contributed by atoms with Crippen molar-refractivity contribution in [2.24, 2.45) is 0 Å². The summed E-state index contributed by atoms with van der Waals surface area (Å²) >= 11 is 0. The van der Waals surface area contributed by atoms with Crippen LogP contribution in [0.25, 0.3) is 0 Å². The molecule has 0 saturated carbocycles. The maximum atomic E-state index is 12.2. The number of rotatable bonds is 6. The third-order valence-corrected chi connectivity index (χ3v) is 5.43. The summed E-state index contributed by atoms with van der Waals surface area (Å²) in [7, 11) is -0.497. The number of benzene rings is 2. The van der Waals surface area contributed by atoms with Crippen LogP contribution in [-0.2, 0) is 18.8 Å². The van der Waals surface area contributed by atoms with Crippen LogP contribution in [0, 0.1) is 6.92 Å². The zero-order chi connectivity index (χ0) is 22.6. The quantitative estimate of drug-likeness (QED) is 0.302. The Bertz CT molecular complexity index is 904. The summed E-state index contributed by atoms with van der Waals surface area (Å²) in [6, 6.07) is 13.8. The largest absolute Gasteiger partial charge is 0.513 e. The number of carbonyl (C=O) groups excluding carboxylic acids is 2. The molecule has 1 fully saturated rings. The lowest BCUT2D eigenvalue weighted by Crippen LogP contribution is -2.41. The maximum Gasteiger partial charge on any atom is 0.513 e. The Morgan fingerprint density at radius 2 is 1.39 bits per heavy atom. The molecule has 1 aliphatic rings. The molecule has 0 atom stereocenters. The number of aryl methyl sites for hydroxylation is 1. The average molecular weight is 426 g/mol. The molecular weight excluding hydrogens is 399 g/mol. The molecule has 0 bridgehead atoms. The lowest BCUT2D eigenvalue weighted by molar-refractivity contribution is 0.00578. The van der Waals surface area contributed by atoms with Gasteiger partial charge in [-0.3, -0.25) is 0 Å². The highest BCUT2D eigenvalue weighted by Crippen LogP contribution is 2.36. The van der Waals surface area contributed by atoms with E-state index in [1.807, 2.05) is 46.8 Å². The highest BCUT2D eigenvalue weighted by Gasteiger charge is 2.51. The zero-order valence-electron chi connectivity index (χ0n) is 18.5. The van der Waals surface area contributed by atoms with Gasteiger partial charge in [-0.05, 0) is 64.3 Å². The Morgan fingerprint density at radius 3 is 1.97 bits per heavy atom. The third kappa shape index (κ3) is 5.65. The first-order chi connectivity index (χ1) is 14.6. The standard InChI is InChI=1S/C23H27BO7/c1-16-6-12-19(13-7-16)29-21(26)28-15-14-27-20(25)17-8-10-18(11-9-17)24-30-22(2,3)23(4,5)31-24/h6-13H,14-15H2,1-5H3. The van der Waals surface area contributed by atoms with Crippen molar-refractivity contribution in [1.29, 1.82) is 0 Å². The molecular formula is C23H27BO7. The molecule has 0 amide bonds. The van der Waals surface area contributed by atoms with Crippen LogP contribution < -0.4 is 10.2 Å². The van der Waals surface area contributed by atoms with Crippen molar-refractivity contribution in [2.75, 3.05) is 13.2 Å². The van der Waals surface area contributed by atoms with Gasteiger partial charge in [0, 0.05) is 0 Å². The van der Waals surface area contributed by atoms with Gasteiger partial charge in [-0.1, -0.05) is 29.8 Å². The van der Waals surface area contributed by atoms with Crippen molar-refractivity contribution in [3.63, 3.8) is 0 Å². The Labute approximate surface area is 182 Å². The van der Waals surface area contributed by atoms with Gasteiger partial charge in [0.15, 0.2) is 0 Å². The second-order valence-electron chi connectivity index (χ2n) is 8.36. The molecule has 2 aromatic carbocycles. The second-order valence-corrected chi connectivity index (χ2v) is 8.36. The molecule has 31 heavy (non-hydrogen) atoms. The molecule has 0 aromatic heterocycles. The molecule has 0 aliphatic carbocycles. The summed E-state index contributed by atoms with van der Waals surface area (Å²) in [6.45, 7) is 9.68. The van der Waals surface area contributed by atoms with Crippen LogP contribution >= 0.6 is 0 Å². The van der Waals surface area contributed by atoms with E-state index in [1.54, 1.807) is 36.4 Å². The molecule has 8 heteroatoms. The Balaban J connectivity index is 1.43. The van der Waals surface area contributed by atoms with Gasteiger partial charge in [0.1, 0.15) is 19.0 Å². The zero-order valence-corrected chi connectivity index (χ0v) is 18.5. The molecule has 0 unspecified atom stereocenters. The van der Waals surface area contributed by atoms with Crippen molar-refractivity contribution in [3.8, 4) is 5.75 Å². The average Bonchev–Trinajstić information content (AvgIpc) is 2.94. The second kappa shape index (κ2) is 9.12. The predicted octanol–water partition coefficient (Wildman–Crippen LogP) is 3.67. The van der Waals surface area contributed by atoms with Crippen molar-refractivity contribution in [2.45, 2.75) is 45.8 Å². The smallest absolute Gasteiger partial charge is 0.458 e. The van der Waals surface area contributed by atoms with E-state index < -0.39 is 30.4 Å². The van der Waals surface area contributed by atoms with Gasteiger partial charge in [-0.25, -0.2) is 9.59 Å². The van der Waals surface area contributed by atoms with E-state index in [0.29, 0.717) is 11.3 Å². The van der Waals surface area contributed by atoms with Crippen LogP contribution in [0.4, 0.5) is 4.79 Å². The van der Waals surface area contributed by atoms with E-state index in [-0.39, 0.29) is 13.2 Å². The van der Waals surface area contributed by atoms with Crippen LogP contribution in [0.2, 0.25) is 0 Å². The molecule has 0 spiro atoms. The Hall–Kier alpha value is -2.84. The van der Waals surface area contributed by atoms with Crippen LogP contribution in [0.1, 0.15) is 43.6 Å². The third-order valence-electron chi connectivity index (χ3n) is 5.43. The first-order valence-electron chi connectivity index (χ1n) is 10.1. The molecule has 1 saturated heterocycles. The maximum absolute atomic E-state index is 12.2. The van der Waals surface area contributed by atoms with E-state index >= 15 is 0 Å². The van der Waals surface area contributed by atoms with E-state index in [4.69, 9.17) is 23.5 Å². The number of hydrogen-bond donors (Lipinski definition) is 0. The fourth-order valence-corrected chi connectivity index (χ4v) is 2.83. The van der Waals surface area contributed by atoms with Gasteiger partial charge < -0.3 is 23.5 Å². The van der Waals surface area contributed by atoms with Crippen molar-refractivity contribution < 1.29 is 33.1 Å². The fraction of sp³-hybridized carbons (Fsp3) is 0.391. The summed E-state index contributed by atoms with van der Waals surface area (Å²) in [5.74, 6) is -0.134. The first kappa shape index (κ1) is 22.8. The summed E-state index contributed by atoms with van der Waals surface area (Å²) in [5.41, 5.74) is 1.38. The highest BCUT2D eigenvalue weighted by molar-refractivity contribution is 6.62. The lowest BCUT2D eigenvalue weighted by atomic mass is 9.79.